The van der Waals surface area contributed by atoms with Gasteiger partial charge in [-0.05, 0) is 5.41 Å². The van der Waals surface area contributed by atoms with Gasteiger partial charge in [0.25, 0.3) is 12.1 Å². The molecule has 1 aliphatic rings. The van der Waals surface area contributed by atoms with Crippen LogP contribution in [0.2, 0.25) is 0 Å². The Hall–Kier alpha value is -1.83. The SMILES string of the molecule is O=CNN1C(=O)C=CSC1=C[N+](=O)[O-]. The summed E-state index contributed by atoms with van der Waals surface area (Å²) < 4.78 is 0. The van der Waals surface area contributed by atoms with Gasteiger partial charge in [0.05, 0.1) is 4.92 Å². The monoisotopic (exact) mass is 215 g/mol. The first-order valence-corrected chi connectivity index (χ1v) is 4.25. The Morgan fingerprint density at radius 2 is 2.36 bits per heavy atom. The van der Waals surface area contributed by atoms with Gasteiger partial charge in [-0.2, -0.15) is 0 Å². The molecule has 0 radical (unpaired) electrons. The van der Waals surface area contributed by atoms with Crippen LogP contribution >= 0.6 is 11.8 Å². The molecule has 74 valence electrons. The van der Waals surface area contributed by atoms with Gasteiger partial charge in [-0.3, -0.25) is 25.1 Å². The smallest absolute Gasteiger partial charge is 0.270 e. The lowest BCUT2D eigenvalue weighted by Crippen LogP contribution is -2.40. The quantitative estimate of drug-likeness (QED) is 0.400. The first-order valence-electron chi connectivity index (χ1n) is 3.37. The van der Waals surface area contributed by atoms with Crippen molar-refractivity contribution in [2.75, 3.05) is 0 Å². The minimum absolute atomic E-state index is 0.0367. The Morgan fingerprint density at radius 1 is 1.64 bits per heavy atom. The van der Waals surface area contributed by atoms with Gasteiger partial charge in [0.2, 0.25) is 6.41 Å². The summed E-state index contributed by atoms with van der Waals surface area (Å²) >= 11 is 0.966. The fourth-order valence-electron chi connectivity index (χ4n) is 0.756. The zero-order chi connectivity index (χ0) is 10.6. The number of amides is 2. The molecule has 14 heavy (non-hydrogen) atoms. The van der Waals surface area contributed by atoms with Crippen molar-refractivity contribution < 1.29 is 14.5 Å². The summed E-state index contributed by atoms with van der Waals surface area (Å²) in [6.45, 7) is 0. The third kappa shape index (κ3) is 2.33. The molecule has 0 aromatic rings. The summed E-state index contributed by atoms with van der Waals surface area (Å²) in [4.78, 5) is 30.7. The summed E-state index contributed by atoms with van der Waals surface area (Å²) in [5.74, 6) is -0.538. The van der Waals surface area contributed by atoms with Gasteiger partial charge in [0, 0.05) is 6.08 Å². The topological polar surface area (TPSA) is 92.6 Å². The molecular weight excluding hydrogens is 210 g/mol. The van der Waals surface area contributed by atoms with Crippen molar-refractivity contribution in [3.05, 3.63) is 32.8 Å². The van der Waals surface area contributed by atoms with Gasteiger partial charge in [-0.25, -0.2) is 5.01 Å². The van der Waals surface area contributed by atoms with E-state index in [1.54, 1.807) is 0 Å². The number of thioether (sulfide) groups is 1. The molecule has 0 bridgehead atoms. The maximum atomic E-state index is 11.1. The van der Waals surface area contributed by atoms with Crippen LogP contribution in [0.5, 0.6) is 0 Å². The lowest BCUT2D eigenvalue weighted by molar-refractivity contribution is -0.403. The van der Waals surface area contributed by atoms with Gasteiger partial charge in [-0.15, -0.1) is 0 Å². The Kier molecular flexibility index (Phi) is 3.24. The average molecular weight is 215 g/mol. The first-order chi connectivity index (χ1) is 6.65. The molecule has 0 saturated carbocycles. The van der Waals surface area contributed by atoms with E-state index in [0.29, 0.717) is 6.20 Å². The molecule has 1 rings (SSSR count). The summed E-state index contributed by atoms with van der Waals surface area (Å²) in [6.07, 6.45) is 2.10. The van der Waals surface area contributed by atoms with E-state index in [4.69, 9.17) is 0 Å². The lowest BCUT2D eigenvalue weighted by Gasteiger charge is -2.21. The Labute approximate surface area is 82.6 Å². The number of rotatable bonds is 3. The van der Waals surface area contributed by atoms with E-state index in [2.05, 4.69) is 0 Å². The summed E-state index contributed by atoms with van der Waals surface area (Å²) in [7, 11) is 0. The van der Waals surface area contributed by atoms with E-state index in [9.17, 15) is 19.7 Å². The van der Waals surface area contributed by atoms with E-state index in [0.717, 1.165) is 16.8 Å². The third-order valence-corrected chi connectivity index (χ3v) is 2.04. The van der Waals surface area contributed by atoms with Crippen LogP contribution in [0.3, 0.4) is 0 Å². The van der Waals surface area contributed by atoms with E-state index < -0.39 is 10.8 Å². The predicted molar refractivity (Wildman–Crippen MR) is 47.9 cm³/mol. The fourth-order valence-corrected chi connectivity index (χ4v) is 1.47. The van der Waals surface area contributed by atoms with Crippen LogP contribution in [0.1, 0.15) is 0 Å². The Bertz CT molecular complexity index is 338. The average Bonchev–Trinajstić information content (AvgIpc) is 2.10. The van der Waals surface area contributed by atoms with E-state index in [-0.39, 0.29) is 11.4 Å². The van der Waals surface area contributed by atoms with Crippen LogP contribution in [0.15, 0.2) is 22.7 Å². The van der Waals surface area contributed by atoms with Gasteiger partial charge in [0.15, 0.2) is 5.03 Å². The molecule has 2 amide bonds. The molecule has 1 N–H and O–H groups in total. The van der Waals surface area contributed by atoms with Crippen molar-refractivity contribution >= 4 is 24.1 Å². The van der Waals surface area contributed by atoms with E-state index >= 15 is 0 Å². The van der Waals surface area contributed by atoms with Gasteiger partial charge in [-0.1, -0.05) is 11.8 Å². The molecule has 1 heterocycles. The largest absolute Gasteiger partial charge is 0.277 e. The van der Waals surface area contributed by atoms with Crippen LogP contribution in [-0.2, 0) is 9.59 Å². The summed E-state index contributed by atoms with van der Waals surface area (Å²) in [5, 5.41) is 12.4. The number of carbonyl (C=O) groups excluding carboxylic acids is 2. The zero-order valence-electron chi connectivity index (χ0n) is 6.75. The van der Waals surface area contributed by atoms with E-state index in [1.807, 2.05) is 5.43 Å². The highest BCUT2D eigenvalue weighted by Gasteiger charge is 2.22. The van der Waals surface area contributed by atoms with Crippen molar-refractivity contribution in [1.29, 1.82) is 0 Å². The fraction of sp³-hybridized carbons (Fsp3) is 0. The van der Waals surface area contributed by atoms with Gasteiger partial charge >= 0.3 is 0 Å². The van der Waals surface area contributed by atoms with E-state index in [1.165, 1.54) is 11.5 Å². The van der Waals surface area contributed by atoms with Crippen LogP contribution in [0, 0.1) is 10.1 Å². The number of carbonyl (C=O) groups is 2. The maximum Gasteiger partial charge on any atom is 0.270 e. The number of hydrazine groups is 1. The minimum Gasteiger partial charge on any atom is -0.277 e. The molecule has 8 heteroatoms. The Morgan fingerprint density at radius 3 is 2.93 bits per heavy atom. The molecule has 0 aromatic heterocycles. The molecule has 0 fully saturated rings. The summed E-state index contributed by atoms with van der Waals surface area (Å²) in [6, 6.07) is 0. The second kappa shape index (κ2) is 4.42. The van der Waals surface area contributed by atoms with Crippen LogP contribution in [0.25, 0.3) is 0 Å². The first kappa shape index (κ1) is 10.3. The van der Waals surface area contributed by atoms with Crippen molar-refractivity contribution in [1.82, 2.24) is 10.4 Å². The maximum absolute atomic E-state index is 11.1. The molecule has 7 nitrogen and oxygen atoms in total. The van der Waals surface area contributed by atoms with Crippen LogP contribution in [-0.4, -0.2) is 22.2 Å². The summed E-state index contributed by atoms with van der Waals surface area (Å²) in [5.41, 5.74) is 2.05. The predicted octanol–water partition coefficient (Wildman–Crippen LogP) is -0.188. The molecule has 0 spiro atoms. The highest BCUT2D eigenvalue weighted by Crippen LogP contribution is 2.24. The van der Waals surface area contributed by atoms with Crippen LogP contribution < -0.4 is 5.43 Å². The van der Waals surface area contributed by atoms with Crippen molar-refractivity contribution in [2.45, 2.75) is 0 Å². The second-order valence-corrected chi connectivity index (χ2v) is 3.02. The standard InChI is InChI=1S/C6H5N3O4S/c10-4-7-9-5(11)1-2-14-6(9)3-8(12)13/h1-4H,(H,7,10). The normalized spacial score (nSPS) is 18.4. The molecular formula is C6H5N3O4S. The number of nitrogens with one attached hydrogen (secondary N) is 1. The number of hydrogen-bond acceptors (Lipinski definition) is 5. The molecule has 0 saturated heterocycles. The van der Waals surface area contributed by atoms with Gasteiger partial charge < -0.3 is 0 Å². The molecule has 0 unspecified atom stereocenters. The second-order valence-electron chi connectivity index (χ2n) is 2.09. The molecule has 0 aromatic carbocycles. The molecule has 0 aliphatic carbocycles. The highest BCUT2D eigenvalue weighted by atomic mass is 32.2. The van der Waals surface area contributed by atoms with Crippen molar-refractivity contribution in [2.24, 2.45) is 0 Å². The minimum atomic E-state index is -0.700. The van der Waals surface area contributed by atoms with Gasteiger partial charge in [0.1, 0.15) is 0 Å². The van der Waals surface area contributed by atoms with Crippen molar-refractivity contribution in [3.8, 4) is 0 Å². The number of hydrogen-bond donors (Lipinski definition) is 1. The number of nitro groups is 1. The van der Waals surface area contributed by atoms with Crippen molar-refractivity contribution in [3.63, 3.8) is 0 Å². The molecule has 1 aliphatic heterocycles. The van der Waals surface area contributed by atoms with Crippen LogP contribution in [0.4, 0.5) is 0 Å². The Balaban J connectivity index is 2.93. The molecule has 0 atom stereocenters. The zero-order valence-corrected chi connectivity index (χ0v) is 7.56. The lowest BCUT2D eigenvalue weighted by atomic mass is 10.5. The number of nitrogens with zero attached hydrogens (tertiary/aromatic N) is 2. The third-order valence-electron chi connectivity index (χ3n) is 1.24. The highest BCUT2D eigenvalue weighted by molar-refractivity contribution is 8.05.